The van der Waals surface area contributed by atoms with Gasteiger partial charge in [0.25, 0.3) is 5.91 Å². The van der Waals surface area contributed by atoms with Crippen LogP contribution in [-0.4, -0.2) is 41.8 Å². The molecule has 0 atom stereocenters. The molecule has 0 bridgehead atoms. The summed E-state index contributed by atoms with van der Waals surface area (Å²) in [5, 5.41) is 6.51. The van der Waals surface area contributed by atoms with Crippen LogP contribution in [-0.2, 0) is 16.2 Å². The van der Waals surface area contributed by atoms with Gasteiger partial charge in [0.1, 0.15) is 18.0 Å². The number of carbonyl (C=O) groups excluding carboxylic acids is 2. The summed E-state index contributed by atoms with van der Waals surface area (Å²) in [6, 6.07) is 10.2. The summed E-state index contributed by atoms with van der Waals surface area (Å²) in [7, 11) is -1.15. The lowest BCUT2D eigenvalue weighted by molar-refractivity contribution is 0.0635. The molecule has 2 heterocycles. The molecule has 0 aliphatic carbocycles. The highest BCUT2D eigenvalue weighted by Crippen LogP contribution is 2.24. The smallest absolute Gasteiger partial charge is 0.412 e. The van der Waals surface area contributed by atoms with Gasteiger partial charge in [0.05, 0.1) is 9.26 Å². The van der Waals surface area contributed by atoms with Gasteiger partial charge in [0.15, 0.2) is 0 Å². The van der Waals surface area contributed by atoms with E-state index in [1.54, 1.807) is 39.1 Å². The van der Waals surface area contributed by atoms with Crippen molar-refractivity contribution in [1.82, 2.24) is 9.55 Å². The number of benzene rings is 1. The topological polar surface area (TPSA) is 94.5 Å². The number of nitrogens with one attached hydrogen (secondary N) is 2. The maximum absolute atomic E-state index is 13.0. The average Bonchev–Trinajstić information content (AvgIpc) is 3.05. The first kappa shape index (κ1) is 28.1. The van der Waals surface area contributed by atoms with Crippen molar-refractivity contribution in [3.8, 4) is 0 Å². The zero-order chi connectivity index (χ0) is 26.7. The number of nitrogens with zero attached hydrogens (tertiary/aromatic N) is 2. The molecule has 0 saturated carbocycles. The predicted molar refractivity (Wildman–Crippen MR) is 156 cm³/mol. The summed E-state index contributed by atoms with van der Waals surface area (Å²) in [6.45, 7) is 15.4. The summed E-state index contributed by atoms with van der Waals surface area (Å²) < 4.78 is 14.2. The first-order valence-corrected chi connectivity index (χ1v) is 16.6. The minimum absolute atomic E-state index is 0.281. The summed E-state index contributed by atoms with van der Waals surface area (Å²) in [6.07, 6.45) is 1.02. The molecule has 3 rings (SSSR count). The molecule has 0 fully saturated rings. The number of rotatable bonds is 8. The first-order chi connectivity index (χ1) is 16.7. The van der Waals surface area contributed by atoms with Gasteiger partial charge in [-0.25, -0.2) is 9.78 Å². The number of aromatic nitrogens is 2. The Bertz CT molecular complexity index is 1260. The van der Waals surface area contributed by atoms with E-state index >= 15 is 0 Å². The second-order valence-electron chi connectivity index (χ2n) is 11.0. The van der Waals surface area contributed by atoms with Crippen LogP contribution in [0.1, 0.15) is 36.7 Å². The number of halogens is 1. The molecule has 0 radical (unpaired) electrons. The van der Waals surface area contributed by atoms with E-state index in [2.05, 4.69) is 57.8 Å². The number of carbonyl (C=O) groups is 2. The van der Waals surface area contributed by atoms with Crippen molar-refractivity contribution >= 4 is 65.1 Å². The van der Waals surface area contributed by atoms with Gasteiger partial charge >= 0.3 is 6.09 Å². The molecule has 0 aliphatic rings. The number of fused-ring (bicyclic) bond motifs is 1. The molecule has 0 aliphatic heterocycles. The summed E-state index contributed by atoms with van der Waals surface area (Å²) >= 11 is 2.26. The van der Waals surface area contributed by atoms with Gasteiger partial charge in [-0.3, -0.25) is 14.7 Å². The third-order valence-corrected chi connectivity index (χ3v) is 7.89. The summed E-state index contributed by atoms with van der Waals surface area (Å²) in [5.41, 5.74) is 2.61. The van der Waals surface area contributed by atoms with Crippen LogP contribution in [0, 0.1) is 10.6 Å². The lowest BCUT2D eigenvalue weighted by atomic mass is 10.1. The molecule has 0 spiro atoms. The van der Waals surface area contributed by atoms with E-state index in [9.17, 15) is 9.59 Å². The second-order valence-corrected chi connectivity index (χ2v) is 17.7. The number of hydrogen-bond acceptors (Lipinski definition) is 5. The Balaban J connectivity index is 1.71. The summed E-state index contributed by atoms with van der Waals surface area (Å²) in [5.74, 6) is -0.281. The summed E-state index contributed by atoms with van der Waals surface area (Å²) in [4.78, 5) is 29.7. The van der Waals surface area contributed by atoms with Crippen molar-refractivity contribution in [2.24, 2.45) is 0 Å². The van der Waals surface area contributed by atoms with Crippen molar-refractivity contribution < 1.29 is 19.1 Å². The van der Waals surface area contributed by atoms with Crippen molar-refractivity contribution in [2.75, 3.05) is 17.2 Å². The third-order valence-electron chi connectivity index (χ3n) is 5.29. The van der Waals surface area contributed by atoms with Crippen LogP contribution in [0.5, 0.6) is 0 Å². The zero-order valence-corrected chi connectivity index (χ0v) is 25.1. The second kappa shape index (κ2) is 11.3. The number of anilines is 2. The van der Waals surface area contributed by atoms with E-state index in [1.165, 1.54) is 0 Å². The fourth-order valence-electron chi connectivity index (χ4n) is 3.35. The highest BCUT2D eigenvalue weighted by Gasteiger charge is 2.18. The lowest BCUT2D eigenvalue weighted by Crippen LogP contribution is -2.27. The maximum atomic E-state index is 13.0. The Morgan fingerprint density at radius 3 is 2.50 bits per heavy atom. The molecule has 2 amide bonds. The quantitative estimate of drug-likeness (QED) is 0.163. The Kier molecular flexibility index (Phi) is 8.83. The molecular weight excluding hydrogens is 587 g/mol. The third kappa shape index (κ3) is 8.03. The molecule has 2 aromatic heterocycles. The van der Waals surface area contributed by atoms with Gasteiger partial charge in [-0.15, -0.1) is 0 Å². The number of ether oxygens (including phenoxy) is 2. The van der Waals surface area contributed by atoms with Gasteiger partial charge in [0, 0.05) is 37.6 Å². The highest BCUT2D eigenvalue weighted by molar-refractivity contribution is 14.1. The van der Waals surface area contributed by atoms with Crippen LogP contribution in [0.3, 0.4) is 0 Å². The van der Waals surface area contributed by atoms with Gasteiger partial charge in [-0.1, -0.05) is 25.7 Å². The first-order valence-electron chi connectivity index (χ1n) is 11.9. The molecule has 3 aromatic rings. The number of amides is 2. The van der Waals surface area contributed by atoms with Crippen molar-refractivity contribution in [1.29, 1.82) is 0 Å². The normalized spacial score (nSPS) is 12.0. The van der Waals surface area contributed by atoms with E-state index < -0.39 is 19.8 Å². The van der Waals surface area contributed by atoms with Crippen LogP contribution < -0.4 is 10.6 Å². The number of pyridine rings is 1. The fraction of sp³-hybridized carbons (Fsp3) is 0.423. The Labute approximate surface area is 227 Å². The Morgan fingerprint density at radius 1 is 1.11 bits per heavy atom. The standard InChI is InChI=1S/C26H35IN4O4Si/c1-17-8-9-20(29-25(33)35-26(2,3)4)14-21(17)30-24(32)19-12-18-13-22(27)31(23(18)28-15-19)16-34-10-11-36(5,6)7/h8-9,12-15H,10-11,16H2,1-7H3,(H,29,33)(H,30,32). The van der Waals surface area contributed by atoms with E-state index in [-0.39, 0.29) is 5.91 Å². The Hall–Kier alpha value is -2.44. The van der Waals surface area contributed by atoms with Gasteiger partial charge in [-0.05, 0) is 86.2 Å². The zero-order valence-electron chi connectivity index (χ0n) is 22.0. The van der Waals surface area contributed by atoms with E-state index in [1.807, 2.05) is 29.7 Å². The number of aryl methyl sites for hydroxylation is 1. The van der Waals surface area contributed by atoms with Crippen molar-refractivity contribution in [3.63, 3.8) is 0 Å². The maximum Gasteiger partial charge on any atom is 0.412 e. The van der Waals surface area contributed by atoms with Crippen LogP contribution in [0.4, 0.5) is 16.2 Å². The monoisotopic (exact) mass is 622 g/mol. The molecule has 10 heteroatoms. The van der Waals surface area contributed by atoms with Gasteiger partial charge in [-0.2, -0.15) is 0 Å². The average molecular weight is 623 g/mol. The van der Waals surface area contributed by atoms with Crippen LogP contribution >= 0.6 is 22.6 Å². The minimum atomic E-state index is -1.15. The Morgan fingerprint density at radius 2 is 1.83 bits per heavy atom. The van der Waals surface area contributed by atoms with Crippen LogP contribution in [0.25, 0.3) is 11.0 Å². The van der Waals surface area contributed by atoms with Gasteiger partial charge < -0.3 is 14.8 Å². The van der Waals surface area contributed by atoms with E-state index in [4.69, 9.17) is 9.47 Å². The molecule has 36 heavy (non-hydrogen) atoms. The molecule has 8 nitrogen and oxygen atoms in total. The van der Waals surface area contributed by atoms with Crippen LogP contribution in [0.15, 0.2) is 36.5 Å². The molecule has 2 N–H and O–H groups in total. The van der Waals surface area contributed by atoms with E-state index in [0.29, 0.717) is 23.7 Å². The molecule has 1 aromatic carbocycles. The highest BCUT2D eigenvalue weighted by atomic mass is 127. The van der Waals surface area contributed by atoms with E-state index in [0.717, 1.165) is 32.9 Å². The van der Waals surface area contributed by atoms with Crippen LogP contribution in [0.2, 0.25) is 25.7 Å². The molecule has 0 saturated heterocycles. The van der Waals surface area contributed by atoms with Gasteiger partial charge in [0.2, 0.25) is 0 Å². The molecule has 194 valence electrons. The fourth-order valence-corrected chi connectivity index (χ4v) is 4.81. The molecule has 0 unspecified atom stereocenters. The predicted octanol–water partition coefficient (Wildman–Crippen LogP) is 6.86. The van der Waals surface area contributed by atoms with Crippen molar-refractivity contribution in [3.05, 3.63) is 51.4 Å². The molecular formula is C26H35IN4O4Si. The minimum Gasteiger partial charge on any atom is -0.444 e. The van der Waals surface area contributed by atoms with Crippen molar-refractivity contribution in [2.45, 2.75) is 65.7 Å². The lowest BCUT2D eigenvalue weighted by Gasteiger charge is -2.20. The largest absolute Gasteiger partial charge is 0.444 e. The SMILES string of the molecule is Cc1ccc(NC(=O)OC(C)(C)C)cc1NC(=O)c1cnc2c(c1)cc(I)n2COCC[Si](C)(C)C. The number of hydrogen-bond donors (Lipinski definition) is 2.